The highest BCUT2D eigenvalue weighted by atomic mass is 16.2. The van der Waals surface area contributed by atoms with E-state index in [0.29, 0.717) is 24.1 Å². The quantitative estimate of drug-likeness (QED) is 0.895. The fourth-order valence-corrected chi connectivity index (χ4v) is 2.50. The molecule has 19 heavy (non-hydrogen) atoms. The molecule has 5 heteroatoms. The molecule has 0 unspecified atom stereocenters. The topological polar surface area (TPSA) is 64.2 Å². The summed E-state index contributed by atoms with van der Waals surface area (Å²) < 4.78 is 1.81. The van der Waals surface area contributed by atoms with Crippen LogP contribution in [0.5, 0.6) is 0 Å². The molecule has 1 aliphatic heterocycles. The highest BCUT2D eigenvalue weighted by Gasteiger charge is 2.28. The number of aryl methyl sites for hydroxylation is 1. The summed E-state index contributed by atoms with van der Waals surface area (Å²) in [5.41, 5.74) is 7.38. The van der Waals surface area contributed by atoms with E-state index in [2.05, 4.69) is 18.9 Å². The Balaban J connectivity index is 2.19. The zero-order valence-electron chi connectivity index (χ0n) is 12.1. The zero-order chi connectivity index (χ0) is 14.0. The van der Waals surface area contributed by atoms with Crippen molar-refractivity contribution in [3.8, 4) is 0 Å². The van der Waals surface area contributed by atoms with Gasteiger partial charge in [0.25, 0.3) is 5.91 Å². The number of hydrogen-bond donors (Lipinski definition) is 1. The van der Waals surface area contributed by atoms with Crippen LogP contribution >= 0.6 is 0 Å². The summed E-state index contributed by atoms with van der Waals surface area (Å²) in [4.78, 5) is 14.5. The second-order valence-corrected chi connectivity index (χ2v) is 5.57. The van der Waals surface area contributed by atoms with Crippen LogP contribution in [0.25, 0.3) is 0 Å². The molecule has 2 heterocycles. The van der Waals surface area contributed by atoms with Crippen LogP contribution in [0.1, 0.15) is 49.3 Å². The third-order valence-corrected chi connectivity index (χ3v) is 3.82. The molecule has 0 spiro atoms. The van der Waals surface area contributed by atoms with Gasteiger partial charge in [-0.25, -0.2) is 0 Å². The van der Waals surface area contributed by atoms with Crippen LogP contribution in [0.3, 0.4) is 0 Å². The fraction of sp³-hybridized carbons (Fsp3) is 0.714. The van der Waals surface area contributed by atoms with E-state index in [9.17, 15) is 4.79 Å². The van der Waals surface area contributed by atoms with Crippen LogP contribution in [-0.4, -0.2) is 40.2 Å². The molecule has 0 radical (unpaired) electrons. The highest BCUT2D eigenvalue weighted by Crippen LogP contribution is 2.20. The van der Waals surface area contributed by atoms with Crippen molar-refractivity contribution >= 4 is 5.91 Å². The molecule has 1 atom stereocenters. The summed E-state index contributed by atoms with van der Waals surface area (Å²) in [5, 5.41) is 4.50. The number of hydrogen-bond acceptors (Lipinski definition) is 3. The Morgan fingerprint density at radius 2 is 2.32 bits per heavy atom. The van der Waals surface area contributed by atoms with Gasteiger partial charge < -0.3 is 10.6 Å². The number of carbonyl (C=O) groups is 1. The second-order valence-electron chi connectivity index (χ2n) is 5.57. The van der Waals surface area contributed by atoms with E-state index in [1.807, 2.05) is 22.6 Å². The van der Waals surface area contributed by atoms with Gasteiger partial charge in [0.1, 0.15) is 5.69 Å². The minimum Gasteiger partial charge on any atom is -0.337 e. The van der Waals surface area contributed by atoms with E-state index in [1.165, 1.54) is 0 Å². The number of carbonyl (C=O) groups excluding carboxylic acids is 1. The first-order valence-electron chi connectivity index (χ1n) is 7.13. The van der Waals surface area contributed by atoms with Crippen LogP contribution < -0.4 is 5.73 Å². The Morgan fingerprint density at radius 1 is 1.58 bits per heavy atom. The van der Waals surface area contributed by atoms with Gasteiger partial charge in [0.2, 0.25) is 0 Å². The second kappa shape index (κ2) is 5.74. The van der Waals surface area contributed by atoms with Crippen molar-refractivity contribution in [2.45, 2.75) is 39.7 Å². The summed E-state index contributed by atoms with van der Waals surface area (Å²) in [6.07, 6.45) is 1.01. The van der Waals surface area contributed by atoms with Crippen molar-refractivity contribution in [1.82, 2.24) is 14.7 Å². The Morgan fingerprint density at radius 3 is 2.84 bits per heavy atom. The number of aromatic nitrogens is 2. The molecule has 1 saturated heterocycles. The van der Waals surface area contributed by atoms with Crippen LogP contribution in [0.2, 0.25) is 0 Å². The summed E-state index contributed by atoms with van der Waals surface area (Å²) in [6, 6.07) is 1.94. The predicted molar refractivity (Wildman–Crippen MR) is 75.1 cm³/mol. The standard InChI is InChI=1S/C14H24N4O/c1-4-18-13(7-12(16-18)10(2)3)14(19)17-6-5-11(8-15)9-17/h7,10-11H,4-6,8-9,15H2,1-3H3/t11-/m0/s1. The van der Waals surface area contributed by atoms with E-state index >= 15 is 0 Å². The van der Waals surface area contributed by atoms with Gasteiger partial charge in [0, 0.05) is 19.6 Å². The average molecular weight is 264 g/mol. The summed E-state index contributed by atoms with van der Waals surface area (Å²) in [6.45, 7) is 9.18. The van der Waals surface area contributed by atoms with Gasteiger partial charge in [-0.05, 0) is 37.8 Å². The molecule has 106 valence electrons. The van der Waals surface area contributed by atoms with E-state index in [1.54, 1.807) is 0 Å². The number of nitrogens with zero attached hydrogens (tertiary/aromatic N) is 3. The molecule has 2 rings (SSSR count). The van der Waals surface area contributed by atoms with Crippen LogP contribution in [0.4, 0.5) is 0 Å². The van der Waals surface area contributed by atoms with Crippen LogP contribution in [0, 0.1) is 5.92 Å². The van der Waals surface area contributed by atoms with Crippen molar-refractivity contribution in [2.75, 3.05) is 19.6 Å². The largest absolute Gasteiger partial charge is 0.337 e. The number of amides is 1. The van der Waals surface area contributed by atoms with Crippen molar-refractivity contribution in [1.29, 1.82) is 0 Å². The lowest BCUT2D eigenvalue weighted by Gasteiger charge is -2.16. The first-order valence-corrected chi connectivity index (χ1v) is 7.13. The molecule has 1 amide bonds. The first-order chi connectivity index (χ1) is 9.06. The van der Waals surface area contributed by atoms with Crippen molar-refractivity contribution in [2.24, 2.45) is 11.7 Å². The molecule has 1 aromatic rings. The monoisotopic (exact) mass is 264 g/mol. The van der Waals surface area contributed by atoms with E-state index in [4.69, 9.17) is 5.73 Å². The van der Waals surface area contributed by atoms with Crippen LogP contribution in [-0.2, 0) is 6.54 Å². The number of nitrogens with two attached hydrogens (primary N) is 1. The lowest BCUT2D eigenvalue weighted by molar-refractivity contribution is 0.0775. The van der Waals surface area contributed by atoms with Crippen molar-refractivity contribution in [3.63, 3.8) is 0 Å². The SMILES string of the molecule is CCn1nc(C(C)C)cc1C(=O)N1CC[C@@H](CN)C1. The Bertz CT molecular complexity index is 452. The molecule has 0 saturated carbocycles. The van der Waals surface area contributed by atoms with Gasteiger partial charge in [0.15, 0.2) is 0 Å². The van der Waals surface area contributed by atoms with E-state index in [0.717, 1.165) is 31.7 Å². The molecule has 0 aliphatic carbocycles. The Kier molecular flexibility index (Phi) is 4.24. The van der Waals surface area contributed by atoms with Gasteiger partial charge in [-0.3, -0.25) is 9.48 Å². The molecular weight excluding hydrogens is 240 g/mol. The lowest BCUT2D eigenvalue weighted by Crippen LogP contribution is -2.31. The zero-order valence-corrected chi connectivity index (χ0v) is 12.1. The van der Waals surface area contributed by atoms with E-state index in [-0.39, 0.29) is 5.91 Å². The Labute approximate surface area is 114 Å². The minimum absolute atomic E-state index is 0.0946. The summed E-state index contributed by atoms with van der Waals surface area (Å²) in [5.74, 6) is 0.887. The van der Waals surface area contributed by atoms with Crippen molar-refractivity contribution < 1.29 is 4.79 Å². The maximum Gasteiger partial charge on any atom is 0.272 e. The van der Waals surface area contributed by atoms with Gasteiger partial charge in [-0.2, -0.15) is 5.10 Å². The maximum atomic E-state index is 12.5. The molecule has 0 bridgehead atoms. The fourth-order valence-electron chi connectivity index (χ4n) is 2.50. The van der Waals surface area contributed by atoms with Gasteiger partial charge in [0.05, 0.1) is 5.69 Å². The Hall–Kier alpha value is -1.36. The first kappa shape index (κ1) is 14.1. The molecule has 1 aliphatic rings. The molecule has 1 aromatic heterocycles. The van der Waals surface area contributed by atoms with Gasteiger partial charge in [-0.1, -0.05) is 13.8 Å². The smallest absolute Gasteiger partial charge is 0.272 e. The highest BCUT2D eigenvalue weighted by molar-refractivity contribution is 5.93. The normalized spacial score (nSPS) is 19.4. The minimum atomic E-state index is 0.0946. The molecule has 1 fully saturated rings. The predicted octanol–water partition coefficient (Wildman–Crippen LogP) is 1.45. The van der Waals surface area contributed by atoms with Crippen molar-refractivity contribution in [3.05, 3.63) is 17.5 Å². The molecule has 2 N–H and O–H groups in total. The lowest BCUT2D eigenvalue weighted by atomic mass is 10.1. The maximum absolute atomic E-state index is 12.5. The molecular formula is C14H24N4O. The molecule has 0 aromatic carbocycles. The summed E-state index contributed by atoms with van der Waals surface area (Å²) in [7, 11) is 0. The van der Waals surface area contributed by atoms with Gasteiger partial charge >= 0.3 is 0 Å². The number of likely N-dealkylation sites (tertiary alicyclic amines) is 1. The third-order valence-electron chi connectivity index (χ3n) is 3.82. The van der Waals surface area contributed by atoms with Crippen LogP contribution in [0.15, 0.2) is 6.07 Å². The van der Waals surface area contributed by atoms with Gasteiger partial charge in [-0.15, -0.1) is 0 Å². The third kappa shape index (κ3) is 2.81. The van der Waals surface area contributed by atoms with E-state index < -0.39 is 0 Å². The number of rotatable bonds is 4. The summed E-state index contributed by atoms with van der Waals surface area (Å²) >= 11 is 0. The average Bonchev–Trinajstić information content (AvgIpc) is 3.04. The molecule has 5 nitrogen and oxygen atoms in total.